The third-order valence-corrected chi connectivity index (χ3v) is 15.1. The third-order valence-electron chi connectivity index (χ3n) is 15.1. The van der Waals surface area contributed by atoms with E-state index in [2.05, 4.69) is 39.0 Å². The monoisotopic (exact) mass is 844 g/mol. The van der Waals surface area contributed by atoms with Gasteiger partial charge in [0, 0.05) is 52.6 Å². The molecule has 3 saturated heterocycles. The van der Waals surface area contributed by atoms with Crippen LogP contribution in [0, 0.1) is 41.4 Å². The molecule has 4 fully saturated rings. The van der Waals surface area contributed by atoms with E-state index < -0.39 is 24.6 Å². The lowest BCUT2D eigenvalue weighted by atomic mass is 9.70. The Balaban J connectivity index is 1.17. The van der Waals surface area contributed by atoms with Crippen LogP contribution in [0.4, 0.5) is 0 Å². The van der Waals surface area contributed by atoms with E-state index in [0.717, 1.165) is 63.4 Å². The van der Waals surface area contributed by atoms with Crippen LogP contribution in [0.2, 0.25) is 0 Å². The highest BCUT2D eigenvalue weighted by Crippen LogP contribution is 2.54. The van der Waals surface area contributed by atoms with Gasteiger partial charge in [-0.15, -0.1) is 0 Å². The van der Waals surface area contributed by atoms with Crippen molar-refractivity contribution in [2.75, 3.05) is 28.4 Å². The average molecular weight is 844 g/mol. The van der Waals surface area contributed by atoms with Crippen molar-refractivity contribution in [3.63, 3.8) is 0 Å². The zero-order valence-electron chi connectivity index (χ0n) is 38.3. The summed E-state index contributed by atoms with van der Waals surface area (Å²) < 4.78 is 49.9. The fourth-order valence-corrected chi connectivity index (χ4v) is 11.8. The molecule has 0 bridgehead atoms. The number of likely N-dealkylation sites (N-methyl/N-ethyl adjacent to an activating group) is 1. The summed E-state index contributed by atoms with van der Waals surface area (Å²) in [5, 5.41) is 0. The number of carbonyl (C=O) groups is 3. The molecule has 3 aliphatic heterocycles. The smallest absolute Gasteiger partial charge is 0.306 e. The third kappa shape index (κ3) is 10.3. The molecule has 0 spiro atoms. The van der Waals surface area contributed by atoms with Gasteiger partial charge in [0.05, 0.1) is 36.9 Å². The number of ether oxygens (including phenoxy) is 8. The molecule has 0 radical (unpaired) electrons. The number of rotatable bonds is 14. The van der Waals surface area contributed by atoms with E-state index in [1.54, 1.807) is 21.3 Å². The van der Waals surface area contributed by atoms with Crippen LogP contribution in [0.5, 0.6) is 0 Å². The molecule has 60 heavy (non-hydrogen) atoms. The Hall–Kier alpha value is -2.19. The highest BCUT2D eigenvalue weighted by molar-refractivity contribution is 5.99. The summed E-state index contributed by atoms with van der Waals surface area (Å²) in [6.07, 6.45) is 13.4. The van der Waals surface area contributed by atoms with Gasteiger partial charge in [0.1, 0.15) is 24.4 Å². The van der Waals surface area contributed by atoms with E-state index >= 15 is 0 Å². The topological polar surface area (TPSA) is 128 Å². The predicted octanol–water partition coefficient (Wildman–Crippen LogP) is 7.60. The number of methoxy groups -OCH3 is 3. The number of hydrogen-bond donors (Lipinski definition) is 0. The van der Waals surface area contributed by atoms with E-state index in [9.17, 15) is 14.4 Å². The highest BCUT2D eigenvalue weighted by atomic mass is 16.7. The Bertz CT molecular complexity index is 1500. The van der Waals surface area contributed by atoms with Crippen LogP contribution < -0.4 is 0 Å². The van der Waals surface area contributed by atoms with Gasteiger partial charge < -0.3 is 42.8 Å². The Morgan fingerprint density at radius 2 is 1.55 bits per heavy atom. The largest absolute Gasteiger partial charge is 0.462 e. The Morgan fingerprint density at radius 3 is 2.20 bits per heavy atom. The van der Waals surface area contributed by atoms with Gasteiger partial charge in [0.15, 0.2) is 18.4 Å². The number of amides is 1. The number of cyclic esters (lactones) is 1. The first-order chi connectivity index (χ1) is 28.9. The number of ketones is 1. The molecule has 340 valence electrons. The minimum Gasteiger partial charge on any atom is -0.462 e. The molecule has 6 rings (SSSR count). The van der Waals surface area contributed by atoms with Gasteiger partial charge in [-0.25, -0.2) is 0 Å². The quantitative estimate of drug-likeness (QED) is 0.127. The first kappa shape index (κ1) is 47.3. The van der Waals surface area contributed by atoms with Crippen molar-refractivity contribution in [3.05, 3.63) is 23.8 Å². The van der Waals surface area contributed by atoms with Crippen LogP contribution in [0.3, 0.4) is 0 Å². The minimum absolute atomic E-state index is 0.0116. The number of hydrogen-bond acceptors (Lipinski definition) is 11. The van der Waals surface area contributed by atoms with Crippen LogP contribution >= 0.6 is 0 Å². The molecule has 0 aromatic carbocycles. The SMILES string of the molecule is CCCC(CCC)C(=O)N(C)[C@H]1CC[C@H](O[C@H]2CCC[C@H](CC)OC(=O)C[C@@H]3C(=C[C@@H]4[C@H]3C=C[C@@H]3C[C@@H](O[C@@H]5OC(C)[C@H](OC)C(OC)[C@@H]5OC)C[C@@H]43)C(=O)[C@@H]2C)OC1C. The minimum atomic E-state index is -0.613. The van der Waals surface area contributed by atoms with Gasteiger partial charge in [-0.3, -0.25) is 14.4 Å². The van der Waals surface area contributed by atoms with E-state index in [0.29, 0.717) is 19.3 Å². The molecule has 3 aliphatic carbocycles. The van der Waals surface area contributed by atoms with Crippen molar-refractivity contribution < 1.29 is 52.3 Å². The van der Waals surface area contributed by atoms with Gasteiger partial charge in [0.2, 0.25) is 5.91 Å². The van der Waals surface area contributed by atoms with Crippen molar-refractivity contribution in [1.82, 2.24) is 4.90 Å². The Kier molecular flexibility index (Phi) is 16.9. The standard InChI is InChI=1S/C48H77NO11/c1-11-15-30(16-12-2)47(52)49(7)39-21-22-42(56-28(39)5)60-40-18-14-17-32(13-3)58-41(50)26-37-34-20-19-31-23-33(24-35(31)36(34)25-38(37)43(51)27(40)4)59-48-46(55-10)45(54-9)44(53-8)29(6)57-48/h19-20,25,27-37,39-40,42,44-46,48H,11-18,21-24,26H2,1-10H3/t27-,28?,29?,31-,32+,33-,34-,35-,36-,37+,39+,40+,42+,44+,45?,46+,48+/m1/s1. The van der Waals surface area contributed by atoms with E-state index in [1.807, 2.05) is 32.7 Å². The fraction of sp³-hybridized carbons (Fsp3) is 0.854. The molecule has 0 N–H and O–H groups in total. The first-order valence-electron chi connectivity index (χ1n) is 23.5. The lowest BCUT2D eigenvalue weighted by Gasteiger charge is -2.44. The summed E-state index contributed by atoms with van der Waals surface area (Å²) in [5.41, 5.74) is 0.732. The predicted molar refractivity (Wildman–Crippen MR) is 227 cm³/mol. The summed E-state index contributed by atoms with van der Waals surface area (Å²) in [6.45, 7) is 12.3. The lowest BCUT2D eigenvalue weighted by Crippen LogP contribution is -2.59. The van der Waals surface area contributed by atoms with E-state index in [4.69, 9.17) is 37.9 Å². The van der Waals surface area contributed by atoms with Gasteiger partial charge in [0.25, 0.3) is 0 Å². The lowest BCUT2D eigenvalue weighted by molar-refractivity contribution is -0.314. The zero-order valence-corrected chi connectivity index (χ0v) is 38.3. The summed E-state index contributed by atoms with van der Waals surface area (Å²) in [4.78, 5) is 44.0. The molecule has 1 amide bonds. The number of allylic oxidation sites excluding steroid dienone is 4. The molecule has 17 atom stereocenters. The molecule has 6 aliphatic rings. The summed E-state index contributed by atoms with van der Waals surface area (Å²) in [5.74, 6) is -0.0187. The van der Waals surface area contributed by atoms with Crippen LogP contribution in [0.1, 0.15) is 125 Å². The summed E-state index contributed by atoms with van der Waals surface area (Å²) in [6, 6.07) is -0.0282. The Morgan fingerprint density at radius 1 is 0.833 bits per heavy atom. The van der Waals surface area contributed by atoms with Crippen molar-refractivity contribution in [1.29, 1.82) is 0 Å². The van der Waals surface area contributed by atoms with Crippen LogP contribution in [0.15, 0.2) is 23.8 Å². The molecular formula is C48H77NO11. The second-order valence-corrected chi connectivity index (χ2v) is 18.8. The number of Topliss-reactive ketones (excluding diaryl/α,β-unsaturated/α-hetero) is 1. The molecule has 3 unspecified atom stereocenters. The zero-order chi connectivity index (χ0) is 43.2. The molecule has 0 aromatic rings. The molecule has 0 aromatic heterocycles. The van der Waals surface area contributed by atoms with Gasteiger partial charge >= 0.3 is 5.97 Å². The first-order valence-corrected chi connectivity index (χ1v) is 23.5. The Labute approximate surface area is 360 Å². The van der Waals surface area contributed by atoms with Gasteiger partial charge in [-0.2, -0.15) is 0 Å². The maximum atomic E-state index is 14.9. The molecule has 12 heteroatoms. The second kappa shape index (κ2) is 21.5. The molecule has 3 heterocycles. The number of carbonyl (C=O) groups excluding carboxylic acids is 3. The molecule has 1 saturated carbocycles. The second-order valence-electron chi connectivity index (χ2n) is 18.8. The number of esters is 1. The number of fused-ring (bicyclic) bond motifs is 5. The summed E-state index contributed by atoms with van der Waals surface area (Å²) in [7, 11) is 6.88. The van der Waals surface area contributed by atoms with Crippen LogP contribution in [-0.4, -0.2) is 118 Å². The molecule has 12 nitrogen and oxygen atoms in total. The van der Waals surface area contributed by atoms with Crippen LogP contribution in [-0.2, 0) is 52.3 Å². The highest BCUT2D eigenvalue weighted by Gasteiger charge is 2.53. The maximum Gasteiger partial charge on any atom is 0.306 e. The van der Waals surface area contributed by atoms with Crippen LogP contribution in [0.25, 0.3) is 0 Å². The summed E-state index contributed by atoms with van der Waals surface area (Å²) >= 11 is 0. The molecular weight excluding hydrogens is 767 g/mol. The average Bonchev–Trinajstić information content (AvgIpc) is 3.82. The van der Waals surface area contributed by atoms with Crippen molar-refractivity contribution >= 4 is 17.7 Å². The van der Waals surface area contributed by atoms with Gasteiger partial charge in [-0.1, -0.05) is 58.8 Å². The van der Waals surface area contributed by atoms with Gasteiger partial charge in [-0.05, 0) is 101 Å². The van der Waals surface area contributed by atoms with Crippen molar-refractivity contribution in [2.24, 2.45) is 41.4 Å². The normalized spacial score (nSPS) is 41.1. The maximum absolute atomic E-state index is 14.9. The van der Waals surface area contributed by atoms with E-state index in [-0.39, 0.29) is 108 Å². The van der Waals surface area contributed by atoms with Crippen molar-refractivity contribution in [3.8, 4) is 0 Å². The number of nitrogens with zero attached hydrogens (tertiary/aromatic N) is 1. The fourth-order valence-electron chi connectivity index (χ4n) is 11.8. The van der Waals surface area contributed by atoms with E-state index in [1.165, 1.54) is 0 Å². The van der Waals surface area contributed by atoms with Crippen molar-refractivity contribution in [2.45, 2.75) is 192 Å².